The van der Waals surface area contributed by atoms with Crippen molar-refractivity contribution < 1.29 is 18.3 Å². The molecule has 0 aliphatic rings. The highest BCUT2D eigenvalue weighted by molar-refractivity contribution is 5.81. The fraction of sp³-hybridized carbons (Fsp3) is 0.273. The number of nitrogens with one attached hydrogen (secondary N) is 1. The van der Waals surface area contributed by atoms with Crippen molar-refractivity contribution >= 4 is 10.9 Å². The molecule has 5 heteroatoms. The summed E-state index contributed by atoms with van der Waals surface area (Å²) in [4.78, 5) is 2.85. The van der Waals surface area contributed by atoms with Gasteiger partial charge in [0, 0.05) is 24.2 Å². The number of benzene rings is 1. The van der Waals surface area contributed by atoms with E-state index in [4.69, 9.17) is 5.11 Å². The van der Waals surface area contributed by atoms with Crippen LogP contribution in [0.15, 0.2) is 24.3 Å². The predicted octanol–water partition coefficient (Wildman–Crippen LogP) is 2.72. The Kier molecular flexibility index (Phi) is 2.63. The molecule has 2 N–H and O–H groups in total. The summed E-state index contributed by atoms with van der Waals surface area (Å²) in [6, 6.07) is 5.30. The van der Waals surface area contributed by atoms with Gasteiger partial charge in [-0.3, -0.25) is 0 Å². The zero-order chi connectivity index (χ0) is 11.8. The second-order valence-electron chi connectivity index (χ2n) is 3.57. The average Bonchev–Trinajstić information content (AvgIpc) is 2.57. The Bertz CT molecular complexity index is 501. The van der Waals surface area contributed by atoms with Crippen LogP contribution < -0.4 is 0 Å². The molecule has 0 aliphatic carbocycles. The lowest BCUT2D eigenvalue weighted by Gasteiger charge is -2.05. The zero-order valence-corrected chi connectivity index (χ0v) is 8.30. The molecule has 0 amide bonds. The Hall–Kier alpha value is -1.49. The van der Waals surface area contributed by atoms with E-state index in [1.165, 1.54) is 6.07 Å². The number of alkyl halides is 3. The van der Waals surface area contributed by atoms with Gasteiger partial charge in [-0.05, 0) is 23.6 Å². The number of aliphatic hydroxyl groups is 1. The van der Waals surface area contributed by atoms with Crippen LogP contribution in [-0.2, 0) is 12.6 Å². The molecule has 0 atom stereocenters. The minimum atomic E-state index is -4.32. The molecule has 2 nitrogen and oxygen atoms in total. The van der Waals surface area contributed by atoms with Gasteiger partial charge in [0.2, 0.25) is 0 Å². The van der Waals surface area contributed by atoms with E-state index < -0.39 is 11.7 Å². The van der Waals surface area contributed by atoms with E-state index in [-0.39, 0.29) is 6.61 Å². The molecule has 2 aromatic rings. The Morgan fingerprint density at radius 3 is 2.56 bits per heavy atom. The molecule has 0 aliphatic heterocycles. The third kappa shape index (κ3) is 2.04. The molecule has 0 saturated carbocycles. The summed E-state index contributed by atoms with van der Waals surface area (Å²) in [5, 5.41) is 9.45. The standard InChI is InChI=1S/C11H10F3NO/c12-11(13,14)8-2-1-7-5-9(3-4-16)15-10(7)6-8/h1-2,5-6,15-16H,3-4H2. The van der Waals surface area contributed by atoms with Gasteiger partial charge in [0.05, 0.1) is 5.56 Å². The first-order valence-corrected chi connectivity index (χ1v) is 4.80. The van der Waals surface area contributed by atoms with Crippen LogP contribution in [0.25, 0.3) is 10.9 Å². The topological polar surface area (TPSA) is 36.0 Å². The summed E-state index contributed by atoms with van der Waals surface area (Å²) in [6.45, 7) is -0.0288. The summed E-state index contributed by atoms with van der Waals surface area (Å²) in [5.41, 5.74) is 0.507. The number of fused-ring (bicyclic) bond motifs is 1. The molecule has 2 rings (SSSR count). The number of rotatable bonds is 2. The average molecular weight is 229 g/mol. The van der Waals surface area contributed by atoms with Crippen LogP contribution >= 0.6 is 0 Å². The fourth-order valence-electron chi connectivity index (χ4n) is 1.62. The van der Waals surface area contributed by atoms with Gasteiger partial charge in [0.15, 0.2) is 0 Å². The summed E-state index contributed by atoms with van der Waals surface area (Å²) in [5.74, 6) is 0. The van der Waals surface area contributed by atoms with E-state index in [1.807, 2.05) is 0 Å². The molecule has 1 aromatic heterocycles. The third-order valence-corrected chi connectivity index (χ3v) is 2.39. The van der Waals surface area contributed by atoms with Crippen molar-refractivity contribution in [1.82, 2.24) is 4.98 Å². The van der Waals surface area contributed by atoms with Crippen LogP contribution in [0, 0.1) is 0 Å². The van der Waals surface area contributed by atoms with Gasteiger partial charge < -0.3 is 10.1 Å². The van der Waals surface area contributed by atoms with E-state index in [1.54, 1.807) is 6.07 Å². The lowest BCUT2D eigenvalue weighted by Crippen LogP contribution is -2.03. The quantitative estimate of drug-likeness (QED) is 0.816. The van der Waals surface area contributed by atoms with Crippen molar-refractivity contribution in [2.45, 2.75) is 12.6 Å². The number of hydrogen-bond acceptors (Lipinski definition) is 1. The van der Waals surface area contributed by atoms with Crippen LogP contribution in [0.2, 0.25) is 0 Å². The molecule has 0 spiro atoms. The first-order valence-electron chi connectivity index (χ1n) is 4.80. The Morgan fingerprint density at radius 2 is 1.94 bits per heavy atom. The molecule has 1 heterocycles. The van der Waals surface area contributed by atoms with Crippen LogP contribution in [0.3, 0.4) is 0 Å². The van der Waals surface area contributed by atoms with Crippen LogP contribution in [0.5, 0.6) is 0 Å². The number of aromatic amines is 1. The highest BCUT2D eigenvalue weighted by Crippen LogP contribution is 2.31. The number of halogens is 3. The highest BCUT2D eigenvalue weighted by atomic mass is 19.4. The van der Waals surface area contributed by atoms with Gasteiger partial charge in [-0.2, -0.15) is 13.2 Å². The van der Waals surface area contributed by atoms with Gasteiger partial charge in [0.1, 0.15) is 0 Å². The molecule has 86 valence electrons. The molecule has 0 radical (unpaired) electrons. The van der Waals surface area contributed by atoms with Crippen molar-refractivity contribution in [3.63, 3.8) is 0 Å². The molecule has 1 aromatic carbocycles. The fourth-order valence-corrected chi connectivity index (χ4v) is 1.62. The normalized spacial score (nSPS) is 12.2. The van der Waals surface area contributed by atoms with Crippen LogP contribution in [-0.4, -0.2) is 16.7 Å². The SMILES string of the molecule is OCCc1cc2ccc(C(F)(F)F)cc2[nH]1. The van der Waals surface area contributed by atoms with Gasteiger partial charge in [-0.25, -0.2) is 0 Å². The Balaban J connectivity index is 2.46. The summed E-state index contributed by atoms with van der Waals surface area (Å²) in [6.07, 6.45) is -3.91. The maximum Gasteiger partial charge on any atom is 0.416 e. The lowest BCUT2D eigenvalue weighted by molar-refractivity contribution is -0.137. The number of aliphatic hydroxyl groups excluding tert-OH is 1. The smallest absolute Gasteiger partial charge is 0.396 e. The minimum absolute atomic E-state index is 0.0288. The van der Waals surface area contributed by atoms with Crippen molar-refractivity contribution in [2.75, 3.05) is 6.61 Å². The first kappa shape index (κ1) is 11.0. The molecule has 0 fully saturated rings. The van der Waals surface area contributed by atoms with Crippen molar-refractivity contribution in [1.29, 1.82) is 0 Å². The van der Waals surface area contributed by atoms with E-state index in [9.17, 15) is 13.2 Å². The van der Waals surface area contributed by atoms with Gasteiger partial charge in [-0.15, -0.1) is 0 Å². The van der Waals surface area contributed by atoms with Gasteiger partial charge in [0.25, 0.3) is 0 Å². The second-order valence-corrected chi connectivity index (χ2v) is 3.57. The van der Waals surface area contributed by atoms with E-state index >= 15 is 0 Å². The largest absolute Gasteiger partial charge is 0.416 e. The van der Waals surface area contributed by atoms with Gasteiger partial charge >= 0.3 is 6.18 Å². The molecule has 0 bridgehead atoms. The van der Waals surface area contributed by atoms with Crippen LogP contribution in [0.4, 0.5) is 13.2 Å². The van der Waals surface area contributed by atoms with E-state index in [0.29, 0.717) is 11.9 Å². The Morgan fingerprint density at radius 1 is 1.19 bits per heavy atom. The maximum absolute atomic E-state index is 12.4. The molecule has 0 saturated heterocycles. The van der Waals surface area contributed by atoms with Crippen LogP contribution in [0.1, 0.15) is 11.3 Å². The van der Waals surface area contributed by atoms with Gasteiger partial charge in [-0.1, -0.05) is 6.07 Å². The monoisotopic (exact) mass is 229 g/mol. The molecular formula is C11H10F3NO. The lowest BCUT2D eigenvalue weighted by atomic mass is 10.1. The van der Waals surface area contributed by atoms with E-state index in [2.05, 4.69) is 4.98 Å². The second kappa shape index (κ2) is 3.83. The molecular weight excluding hydrogens is 219 g/mol. The molecule has 16 heavy (non-hydrogen) atoms. The van der Waals surface area contributed by atoms with Crippen molar-refractivity contribution in [3.8, 4) is 0 Å². The van der Waals surface area contributed by atoms with Crippen molar-refractivity contribution in [2.24, 2.45) is 0 Å². The highest BCUT2D eigenvalue weighted by Gasteiger charge is 2.30. The Labute approximate surface area is 89.7 Å². The number of H-pyrrole nitrogens is 1. The first-order chi connectivity index (χ1) is 7.50. The van der Waals surface area contributed by atoms with E-state index in [0.717, 1.165) is 23.2 Å². The maximum atomic E-state index is 12.4. The third-order valence-electron chi connectivity index (χ3n) is 2.39. The zero-order valence-electron chi connectivity index (χ0n) is 8.30. The number of aromatic nitrogens is 1. The summed E-state index contributed by atoms with van der Waals surface area (Å²) >= 11 is 0. The predicted molar refractivity (Wildman–Crippen MR) is 54.1 cm³/mol. The molecule has 0 unspecified atom stereocenters. The minimum Gasteiger partial charge on any atom is -0.396 e. The van der Waals surface area contributed by atoms with Crippen molar-refractivity contribution in [3.05, 3.63) is 35.5 Å². The summed E-state index contributed by atoms with van der Waals surface area (Å²) < 4.78 is 37.3. The number of hydrogen-bond donors (Lipinski definition) is 2. The summed E-state index contributed by atoms with van der Waals surface area (Å²) in [7, 11) is 0.